The topological polar surface area (TPSA) is 32.3 Å². The van der Waals surface area contributed by atoms with Gasteiger partial charge in [-0.25, -0.2) is 0 Å². The van der Waals surface area contributed by atoms with E-state index in [4.69, 9.17) is 0 Å². The lowest BCUT2D eigenvalue weighted by molar-refractivity contribution is -0.117. The first-order valence-corrected chi connectivity index (χ1v) is 9.45. The predicted octanol–water partition coefficient (Wildman–Crippen LogP) is 4.58. The molecule has 1 N–H and O–H groups in total. The highest BCUT2D eigenvalue weighted by molar-refractivity contribution is 8.00. The molecule has 2 aromatic carbocycles. The molecule has 0 aliphatic carbocycles. The van der Waals surface area contributed by atoms with Crippen molar-refractivity contribution < 1.29 is 4.79 Å². The van der Waals surface area contributed by atoms with Gasteiger partial charge in [-0.1, -0.05) is 44.2 Å². The molecule has 0 spiro atoms. The van der Waals surface area contributed by atoms with Gasteiger partial charge in [-0.15, -0.1) is 11.8 Å². The SMILES string of the molecule is CCc1ccccc1NCC(=O)N1CCC(C)Sc2ccccc21. The molecule has 0 fully saturated rings. The van der Waals surface area contributed by atoms with Gasteiger partial charge >= 0.3 is 0 Å². The van der Waals surface area contributed by atoms with Crippen LogP contribution in [0.3, 0.4) is 0 Å². The second-order valence-corrected chi connectivity index (χ2v) is 7.57. The number of nitrogens with zero attached hydrogens (tertiary/aromatic N) is 1. The van der Waals surface area contributed by atoms with Crippen LogP contribution in [0.4, 0.5) is 11.4 Å². The van der Waals surface area contributed by atoms with E-state index in [9.17, 15) is 4.79 Å². The molecule has 1 amide bonds. The Morgan fingerprint density at radius 2 is 1.96 bits per heavy atom. The van der Waals surface area contributed by atoms with Crippen LogP contribution in [0.25, 0.3) is 0 Å². The molecule has 0 aromatic heterocycles. The molecule has 0 radical (unpaired) electrons. The zero-order valence-corrected chi connectivity index (χ0v) is 15.1. The lowest BCUT2D eigenvalue weighted by Gasteiger charge is -2.23. The van der Waals surface area contributed by atoms with Crippen molar-refractivity contribution in [2.75, 3.05) is 23.3 Å². The van der Waals surface area contributed by atoms with E-state index >= 15 is 0 Å². The molecule has 126 valence electrons. The Labute approximate surface area is 148 Å². The largest absolute Gasteiger partial charge is 0.376 e. The lowest BCUT2D eigenvalue weighted by Crippen LogP contribution is -2.36. The third-order valence-corrected chi connectivity index (χ3v) is 5.61. The molecule has 2 aromatic rings. The van der Waals surface area contributed by atoms with Crippen LogP contribution >= 0.6 is 11.8 Å². The van der Waals surface area contributed by atoms with Gasteiger partial charge in [-0.2, -0.15) is 0 Å². The molecule has 0 saturated heterocycles. The van der Waals surface area contributed by atoms with Crippen molar-refractivity contribution in [1.29, 1.82) is 0 Å². The van der Waals surface area contributed by atoms with Crippen LogP contribution in [0, 0.1) is 0 Å². The Balaban J connectivity index is 1.75. The molecule has 1 heterocycles. The molecule has 24 heavy (non-hydrogen) atoms. The molecule has 4 heteroatoms. The van der Waals surface area contributed by atoms with Crippen molar-refractivity contribution in [2.45, 2.75) is 36.8 Å². The minimum atomic E-state index is 0.128. The molecular weight excluding hydrogens is 316 g/mol. The number of fused-ring (bicyclic) bond motifs is 1. The van der Waals surface area contributed by atoms with Gasteiger partial charge in [0.15, 0.2) is 0 Å². The van der Waals surface area contributed by atoms with Gasteiger partial charge in [0.2, 0.25) is 5.91 Å². The van der Waals surface area contributed by atoms with Crippen molar-refractivity contribution in [2.24, 2.45) is 0 Å². The third-order valence-electron chi connectivity index (χ3n) is 4.37. The fraction of sp³-hybridized carbons (Fsp3) is 0.350. The zero-order valence-electron chi connectivity index (χ0n) is 14.3. The maximum Gasteiger partial charge on any atom is 0.246 e. The van der Waals surface area contributed by atoms with Crippen LogP contribution in [-0.4, -0.2) is 24.2 Å². The molecular formula is C20H24N2OS. The maximum atomic E-state index is 12.8. The fourth-order valence-electron chi connectivity index (χ4n) is 3.01. The van der Waals surface area contributed by atoms with E-state index in [0.29, 0.717) is 11.8 Å². The first kappa shape index (κ1) is 16.9. The van der Waals surface area contributed by atoms with Gasteiger partial charge in [0.25, 0.3) is 0 Å². The number of amides is 1. The van der Waals surface area contributed by atoms with Gasteiger partial charge in [-0.05, 0) is 36.6 Å². The van der Waals surface area contributed by atoms with Crippen LogP contribution in [0.15, 0.2) is 53.4 Å². The number of aryl methyl sites for hydroxylation is 1. The van der Waals surface area contributed by atoms with E-state index in [-0.39, 0.29) is 5.91 Å². The number of carbonyl (C=O) groups is 1. The summed E-state index contributed by atoms with van der Waals surface area (Å²) in [6, 6.07) is 16.4. The monoisotopic (exact) mass is 340 g/mol. The summed E-state index contributed by atoms with van der Waals surface area (Å²) < 4.78 is 0. The van der Waals surface area contributed by atoms with E-state index in [1.54, 1.807) is 0 Å². The van der Waals surface area contributed by atoms with Crippen LogP contribution < -0.4 is 10.2 Å². The molecule has 0 saturated carbocycles. The van der Waals surface area contributed by atoms with Crippen molar-refractivity contribution >= 4 is 29.0 Å². The van der Waals surface area contributed by atoms with Gasteiger partial charge in [-0.3, -0.25) is 4.79 Å². The number of nitrogens with one attached hydrogen (secondary N) is 1. The van der Waals surface area contributed by atoms with Gasteiger partial charge in [0.05, 0.1) is 12.2 Å². The summed E-state index contributed by atoms with van der Waals surface area (Å²) in [4.78, 5) is 16.0. The number of para-hydroxylation sites is 2. The lowest BCUT2D eigenvalue weighted by atomic mass is 10.1. The molecule has 0 bridgehead atoms. The first-order valence-electron chi connectivity index (χ1n) is 8.57. The molecule has 3 rings (SSSR count). The summed E-state index contributed by atoms with van der Waals surface area (Å²) in [6.07, 6.45) is 1.97. The van der Waals surface area contributed by atoms with E-state index < -0.39 is 0 Å². The molecule has 1 aliphatic rings. The highest BCUT2D eigenvalue weighted by Crippen LogP contribution is 2.37. The Morgan fingerprint density at radius 3 is 2.79 bits per heavy atom. The highest BCUT2D eigenvalue weighted by atomic mass is 32.2. The number of carbonyl (C=O) groups excluding carboxylic acids is 1. The average Bonchev–Trinajstić information content (AvgIpc) is 2.78. The summed E-state index contributed by atoms with van der Waals surface area (Å²) in [6.45, 7) is 5.46. The number of hydrogen-bond donors (Lipinski definition) is 1. The number of thioether (sulfide) groups is 1. The van der Waals surface area contributed by atoms with Gasteiger partial charge in [0.1, 0.15) is 0 Å². The van der Waals surface area contributed by atoms with E-state index in [0.717, 1.165) is 30.8 Å². The van der Waals surface area contributed by atoms with Gasteiger partial charge in [0, 0.05) is 22.4 Å². The Bertz CT molecular complexity index is 716. The first-order chi connectivity index (χ1) is 11.7. The second-order valence-electron chi connectivity index (χ2n) is 6.09. The fourth-order valence-corrected chi connectivity index (χ4v) is 4.13. The van der Waals surface area contributed by atoms with Crippen molar-refractivity contribution in [3.63, 3.8) is 0 Å². The average molecular weight is 340 g/mol. The minimum Gasteiger partial charge on any atom is -0.376 e. The number of anilines is 2. The summed E-state index contributed by atoms with van der Waals surface area (Å²) in [5, 5.41) is 3.85. The maximum absolute atomic E-state index is 12.8. The summed E-state index contributed by atoms with van der Waals surface area (Å²) in [7, 11) is 0. The molecule has 1 aliphatic heterocycles. The number of benzene rings is 2. The van der Waals surface area contributed by atoms with E-state index in [2.05, 4.69) is 37.4 Å². The second kappa shape index (κ2) is 7.75. The summed E-state index contributed by atoms with van der Waals surface area (Å²) in [5.41, 5.74) is 3.34. The molecule has 1 unspecified atom stereocenters. The minimum absolute atomic E-state index is 0.128. The van der Waals surface area contributed by atoms with Crippen LogP contribution in [0.1, 0.15) is 25.8 Å². The zero-order chi connectivity index (χ0) is 16.9. The normalized spacial score (nSPS) is 17.1. The Morgan fingerprint density at radius 1 is 1.21 bits per heavy atom. The third kappa shape index (κ3) is 3.75. The quantitative estimate of drug-likeness (QED) is 0.884. The van der Waals surface area contributed by atoms with Crippen LogP contribution in [0.5, 0.6) is 0 Å². The van der Waals surface area contributed by atoms with Crippen molar-refractivity contribution in [3.05, 3.63) is 54.1 Å². The number of hydrogen-bond acceptors (Lipinski definition) is 3. The molecule has 1 atom stereocenters. The summed E-state index contributed by atoms with van der Waals surface area (Å²) >= 11 is 1.86. The van der Waals surface area contributed by atoms with Crippen LogP contribution in [0.2, 0.25) is 0 Å². The Hall–Kier alpha value is -1.94. The standard InChI is InChI=1S/C20H24N2OS/c1-3-16-8-4-5-9-17(16)21-14-20(23)22-13-12-15(2)24-19-11-7-6-10-18(19)22/h4-11,15,21H,3,12-14H2,1-2H3. The predicted molar refractivity (Wildman–Crippen MR) is 103 cm³/mol. The van der Waals surface area contributed by atoms with Crippen molar-refractivity contribution in [1.82, 2.24) is 0 Å². The highest BCUT2D eigenvalue weighted by Gasteiger charge is 2.23. The van der Waals surface area contributed by atoms with E-state index in [1.165, 1.54) is 10.5 Å². The summed E-state index contributed by atoms with van der Waals surface area (Å²) in [5.74, 6) is 0.128. The Kier molecular flexibility index (Phi) is 5.46. The van der Waals surface area contributed by atoms with Crippen LogP contribution in [-0.2, 0) is 11.2 Å². The van der Waals surface area contributed by atoms with E-state index in [1.807, 2.05) is 47.0 Å². The van der Waals surface area contributed by atoms with Crippen molar-refractivity contribution in [3.8, 4) is 0 Å². The smallest absolute Gasteiger partial charge is 0.246 e. The van der Waals surface area contributed by atoms with Gasteiger partial charge < -0.3 is 10.2 Å². The molecule has 3 nitrogen and oxygen atoms in total. The number of rotatable bonds is 4.